The van der Waals surface area contributed by atoms with Crippen molar-refractivity contribution in [3.05, 3.63) is 11.6 Å². The van der Waals surface area contributed by atoms with Crippen LogP contribution in [-0.4, -0.2) is 4.33 Å². The maximum absolute atomic E-state index is 5.81. The topological polar surface area (TPSA) is 0 Å². The molecule has 0 saturated heterocycles. The van der Waals surface area contributed by atoms with Gasteiger partial charge in [0.05, 0.1) is 0 Å². The molecule has 10 heavy (non-hydrogen) atoms. The summed E-state index contributed by atoms with van der Waals surface area (Å²) in [4.78, 5) is 0. The van der Waals surface area contributed by atoms with Gasteiger partial charge in [-0.3, -0.25) is 0 Å². The standard InChI is InChI=1S/C7H11Cl3/c1-2-3-4-7(9,10)5-6-8/h5-6H,2-4H2,1H3. The summed E-state index contributed by atoms with van der Waals surface area (Å²) in [6.07, 6.45) is 4.47. The monoisotopic (exact) mass is 200 g/mol. The quantitative estimate of drug-likeness (QED) is 0.601. The summed E-state index contributed by atoms with van der Waals surface area (Å²) >= 11 is 16.9. The lowest BCUT2D eigenvalue weighted by molar-refractivity contribution is 0.704. The first-order valence-corrected chi connectivity index (χ1v) is 4.47. The first kappa shape index (κ1) is 10.6. The molecule has 3 heteroatoms. The molecule has 0 aliphatic rings. The third-order valence-corrected chi connectivity index (χ3v) is 1.93. The minimum atomic E-state index is -0.766. The van der Waals surface area contributed by atoms with E-state index in [1.165, 1.54) is 5.54 Å². The van der Waals surface area contributed by atoms with E-state index in [1.54, 1.807) is 6.08 Å². The van der Waals surface area contributed by atoms with E-state index < -0.39 is 4.33 Å². The normalized spacial score (nSPS) is 12.8. The first-order valence-electron chi connectivity index (χ1n) is 3.28. The summed E-state index contributed by atoms with van der Waals surface area (Å²) in [7, 11) is 0. The zero-order valence-electron chi connectivity index (χ0n) is 5.91. The van der Waals surface area contributed by atoms with Crippen molar-refractivity contribution in [2.24, 2.45) is 0 Å². The van der Waals surface area contributed by atoms with Crippen molar-refractivity contribution in [1.29, 1.82) is 0 Å². The molecule has 0 amide bonds. The smallest absolute Gasteiger partial charge is 0.0969 e. The molecule has 0 saturated carbocycles. The Labute approximate surface area is 77.1 Å². The molecule has 0 radical (unpaired) electrons. The molecular weight excluding hydrogens is 190 g/mol. The van der Waals surface area contributed by atoms with Crippen LogP contribution in [0.2, 0.25) is 0 Å². The van der Waals surface area contributed by atoms with Gasteiger partial charge in [-0.1, -0.05) is 54.6 Å². The number of hydrogen-bond donors (Lipinski definition) is 0. The van der Waals surface area contributed by atoms with Crippen LogP contribution in [0.5, 0.6) is 0 Å². The lowest BCUT2D eigenvalue weighted by Gasteiger charge is -2.12. The van der Waals surface area contributed by atoms with Gasteiger partial charge >= 0.3 is 0 Å². The Morgan fingerprint density at radius 2 is 2.00 bits per heavy atom. The Bertz CT molecular complexity index is 107. The van der Waals surface area contributed by atoms with Crippen LogP contribution < -0.4 is 0 Å². The number of unbranched alkanes of at least 4 members (excludes halogenated alkanes) is 1. The van der Waals surface area contributed by atoms with Crippen molar-refractivity contribution in [2.45, 2.75) is 30.5 Å². The summed E-state index contributed by atoms with van der Waals surface area (Å²) in [5.41, 5.74) is 1.36. The van der Waals surface area contributed by atoms with Gasteiger partial charge in [0, 0.05) is 5.54 Å². The molecular formula is C7H11Cl3. The Morgan fingerprint density at radius 3 is 2.40 bits per heavy atom. The van der Waals surface area contributed by atoms with E-state index in [9.17, 15) is 0 Å². The molecule has 0 spiro atoms. The average Bonchev–Trinajstić information content (AvgIpc) is 1.84. The van der Waals surface area contributed by atoms with Crippen molar-refractivity contribution >= 4 is 34.8 Å². The number of halogens is 3. The Balaban J connectivity index is 3.63. The highest BCUT2D eigenvalue weighted by Gasteiger charge is 2.17. The third-order valence-electron chi connectivity index (χ3n) is 1.17. The predicted molar refractivity (Wildman–Crippen MR) is 49.0 cm³/mol. The Kier molecular flexibility index (Phi) is 5.61. The van der Waals surface area contributed by atoms with Crippen LogP contribution in [0.3, 0.4) is 0 Å². The minimum absolute atomic E-state index is 0.760. The minimum Gasteiger partial charge on any atom is -0.0969 e. The average molecular weight is 202 g/mol. The maximum Gasteiger partial charge on any atom is 0.137 e. The van der Waals surface area contributed by atoms with Crippen LogP contribution in [0.15, 0.2) is 11.6 Å². The maximum atomic E-state index is 5.81. The van der Waals surface area contributed by atoms with Crippen LogP contribution >= 0.6 is 34.8 Å². The molecule has 0 aromatic rings. The lowest BCUT2D eigenvalue weighted by Crippen LogP contribution is -2.07. The SMILES string of the molecule is CCCCC(Cl)(Cl)C=CCl. The first-order chi connectivity index (χ1) is 4.62. The van der Waals surface area contributed by atoms with E-state index in [1.807, 2.05) is 0 Å². The van der Waals surface area contributed by atoms with Gasteiger partial charge in [-0.25, -0.2) is 0 Å². The van der Waals surface area contributed by atoms with Gasteiger partial charge in [-0.05, 0) is 12.5 Å². The fourth-order valence-electron chi connectivity index (χ4n) is 0.588. The van der Waals surface area contributed by atoms with E-state index in [4.69, 9.17) is 34.8 Å². The number of rotatable bonds is 4. The van der Waals surface area contributed by atoms with Gasteiger partial charge in [-0.15, -0.1) is 0 Å². The van der Waals surface area contributed by atoms with Crippen LogP contribution in [0.4, 0.5) is 0 Å². The van der Waals surface area contributed by atoms with E-state index in [2.05, 4.69) is 6.92 Å². The van der Waals surface area contributed by atoms with Crippen LogP contribution in [-0.2, 0) is 0 Å². The molecule has 0 aliphatic heterocycles. The molecule has 0 rings (SSSR count). The van der Waals surface area contributed by atoms with Crippen LogP contribution in [0, 0.1) is 0 Å². The van der Waals surface area contributed by atoms with Gasteiger partial charge < -0.3 is 0 Å². The van der Waals surface area contributed by atoms with Gasteiger partial charge in [0.2, 0.25) is 0 Å². The molecule has 0 heterocycles. The predicted octanol–water partition coefficient (Wildman–Crippen LogP) is 4.10. The zero-order chi connectivity index (χ0) is 8.04. The van der Waals surface area contributed by atoms with Crippen molar-refractivity contribution < 1.29 is 0 Å². The van der Waals surface area contributed by atoms with Crippen LogP contribution in [0.25, 0.3) is 0 Å². The summed E-state index contributed by atoms with van der Waals surface area (Å²) in [5, 5.41) is 0. The largest absolute Gasteiger partial charge is 0.137 e. The summed E-state index contributed by atoms with van der Waals surface area (Å²) in [5.74, 6) is 0. The molecule has 0 fully saturated rings. The van der Waals surface area contributed by atoms with E-state index in [0.29, 0.717) is 0 Å². The van der Waals surface area contributed by atoms with E-state index >= 15 is 0 Å². The fraction of sp³-hybridized carbons (Fsp3) is 0.714. The van der Waals surface area contributed by atoms with Crippen LogP contribution in [0.1, 0.15) is 26.2 Å². The molecule has 0 aromatic heterocycles. The highest BCUT2D eigenvalue weighted by Crippen LogP contribution is 2.29. The number of alkyl halides is 2. The summed E-state index contributed by atoms with van der Waals surface area (Å²) in [6, 6.07) is 0. The molecule has 0 atom stereocenters. The summed E-state index contributed by atoms with van der Waals surface area (Å²) < 4.78 is -0.766. The molecule has 0 aromatic carbocycles. The van der Waals surface area contributed by atoms with Crippen molar-refractivity contribution in [2.75, 3.05) is 0 Å². The lowest BCUT2D eigenvalue weighted by atomic mass is 10.2. The van der Waals surface area contributed by atoms with Crippen molar-refractivity contribution in [3.8, 4) is 0 Å². The molecule has 0 nitrogen and oxygen atoms in total. The van der Waals surface area contributed by atoms with Gasteiger partial charge in [0.1, 0.15) is 4.33 Å². The molecule has 0 unspecified atom stereocenters. The Morgan fingerprint density at radius 1 is 1.40 bits per heavy atom. The number of hydrogen-bond acceptors (Lipinski definition) is 0. The molecule has 0 N–H and O–H groups in total. The van der Waals surface area contributed by atoms with Gasteiger partial charge in [-0.2, -0.15) is 0 Å². The Hall–Kier alpha value is 0.610. The van der Waals surface area contributed by atoms with E-state index in [0.717, 1.165) is 19.3 Å². The second-order valence-corrected chi connectivity index (χ2v) is 3.95. The number of allylic oxidation sites excluding steroid dienone is 1. The highest BCUT2D eigenvalue weighted by molar-refractivity contribution is 6.50. The van der Waals surface area contributed by atoms with Gasteiger partial charge in [0.25, 0.3) is 0 Å². The van der Waals surface area contributed by atoms with Crippen molar-refractivity contribution in [1.82, 2.24) is 0 Å². The second-order valence-electron chi connectivity index (χ2n) is 2.16. The zero-order valence-corrected chi connectivity index (χ0v) is 8.18. The molecule has 60 valence electrons. The molecule has 0 aliphatic carbocycles. The molecule has 0 bridgehead atoms. The van der Waals surface area contributed by atoms with E-state index in [-0.39, 0.29) is 0 Å². The fourth-order valence-corrected chi connectivity index (χ4v) is 1.33. The second kappa shape index (κ2) is 5.29. The third kappa shape index (κ3) is 5.40. The summed E-state index contributed by atoms with van der Waals surface area (Å²) in [6.45, 7) is 2.09. The highest BCUT2D eigenvalue weighted by atomic mass is 35.5. The van der Waals surface area contributed by atoms with Gasteiger partial charge in [0.15, 0.2) is 0 Å². The van der Waals surface area contributed by atoms with Crippen molar-refractivity contribution in [3.63, 3.8) is 0 Å².